The monoisotopic (exact) mass is 406 g/mol. The number of aromatic nitrogens is 2. The van der Waals surface area contributed by atoms with Crippen LogP contribution in [0.2, 0.25) is 0 Å². The number of anilines is 1. The van der Waals surface area contributed by atoms with Gasteiger partial charge in [0.2, 0.25) is 0 Å². The molecule has 2 aromatic rings. The van der Waals surface area contributed by atoms with Crippen LogP contribution < -0.4 is 4.90 Å². The number of nitrogens with zero attached hydrogens (tertiary/aromatic N) is 4. The van der Waals surface area contributed by atoms with Gasteiger partial charge in [0.25, 0.3) is 5.91 Å². The number of imidazole rings is 1. The van der Waals surface area contributed by atoms with E-state index in [1.807, 2.05) is 25.1 Å². The SMILES string of the molecule is Cc1c(Br)cccc1N(C)C(=O)c1nc2c(n1C)CCN(C(=O)O)C2. The molecule has 0 unspecified atom stereocenters. The lowest BCUT2D eigenvalue weighted by Crippen LogP contribution is -2.35. The highest BCUT2D eigenvalue weighted by molar-refractivity contribution is 9.10. The molecule has 7 nitrogen and oxygen atoms in total. The van der Waals surface area contributed by atoms with E-state index in [-0.39, 0.29) is 12.5 Å². The summed E-state index contributed by atoms with van der Waals surface area (Å²) in [5, 5.41) is 9.15. The molecule has 1 N–H and O–H groups in total. The van der Waals surface area contributed by atoms with Crippen molar-refractivity contribution >= 4 is 33.6 Å². The highest BCUT2D eigenvalue weighted by Crippen LogP contribution is 2.28. The van der Waals surface area contributed by atoms with Crippen LogP contribution in [0.25, 0.3) is 0 Å². The molecule has 2 amide bonds. The number of benzene rings is 1. The number of rotatable bonds is 2. The van der Waals surface area contributed by atoms with Crippen molar-refractivity contribution in [2.45, 2.75) is 19.9 Å². The Labute approximate surface area is 154 Å². The average Bonchev–Trinajstić information content (AvgIpc) is 2.92. The first-order valence-electron chi connectivity index (χ1n) is 7.86. The van der Waals surface area contributed by atoms with E-state index in [0.717, 1.165) is 21.4 Å². The van der Waals surface area contributed by atoms with Crippen LogP contribution in [0.3, 0.4) is 0 Å². The molecule has 2 heterocycles. The van der Waals surface area contributed by atoms with Crippen molar-refractivity contribution in [3.63, 3.8) is 0 Å². The maximum absolute atomic E-state index is 13.0. The zero-order valence-electron chi connectivity index (χ0n) is 14.3. The number of fused-ring (bicyclic) bond motifs is 1. The average molecular weight is 407 g/mol. The first-order valence-corrected chi connectivity index (χ1v) is 8.66. The molecule has 0 saturated heterocycles. The van der Waals surface area contributed by atoms with Gasteiger partial charge >= 0.3 is 6.09 Å². The summed E-state index contributed by atoms with van der Waals surface area (Å²) in [4.78, 5) is 31.4. The van der Waals surface area contributed by atoms with Gasteiger partial charge < -0.3 is 19.5 Å². The van der Waals surface area contributed by atoms with Gasteiger partial charge in [0, 0.05) is 42.9 Å². The van der Waals surface area contributed by atoms with E-state index in [2.05, 4.69) is 20.9 Å². The Morgan fingerprint density at radius 2 is 2.08 bits per heavy atom. The summed E-state index contributed by atoms with van der Waals surface area (Å²) in [7, 11) is 3.52. The third kappa shape index (κ3) is 3.02. The second-order valence-electron chi connectivity index (χ2n) is 6.09. The van der Waals surface area contributed by atoms with Crippen LogP contribution >= 0.6 is 15.9 Å². The van der Waals surface area contributed by atoms with E-state index in [4.69, 9.17) is 5.11 Å². The minimum atomic E-state index is -0.967. The zero-order valence-corrected chi connectivity index (χ0v) is 15.9. The van der Waals surface area contributed by atoms with E-state index in [0.29, 0.717) is 24.5 Å². The van der Waals surface area contributed by atoms with Crippen molar-refractivity contribution in [1.82, 2.24) is 14.5 Å². The molecule has 1 aliphatic heterocycles. The van der Waals surface area contributed by atoms with Gasteiger partial charge in [-0.1, -0.05) is 22.0 Å². The Hall–Kier alpha value is -2.35. The van der Waals surface area contributed by atoms with E-state index < -0.39 is 6.09 Å². The third-order valence-corrected chi connectivity index (χ3v) is 5.48. The van der Waals surface area contributed by atoms with Crippen LogP contribution in [0.15, 0.2) is 22.7 Å². The molecule has 1 aromatic carbocycles. The lowest BCUT2D eigenvalue weighted by Gasteiger charge is -2.23. The molecule has 0 atom stereocenters. The van der Waals surface area contributed by atoms with Gasteiger partial charge in [-0.05, 0) is 24.6 Å². The molecule has 132 valence electrons. The van der Waals surface area contributed by atoms with Crippen molar-refractivity contribution in [2.24, 2.45) is 7.05 Å². The Morgan fingerprint density at radius 3 is 2.76 bits per heavy atom. The molecule has 1 aliphatic rings. The largest absolute Gasteiger partial charge is 0.465 e. The first kappa shape index (κ1) is 17.5. The van der Waals surface area contributed by atoms with Gasteiger partial charge in [-0.25, -0.2) is 9.78 Å². The normalized spacial score (nSPS) is 13.5. The fraction of sp³-hybridized carbons (Fsp3) is 0.353. The molecule has 3 rings (SSSR count). The van der Waals surface area contributed by atoms with Crippen LogP contribution in [-0.4, -0.2) is 45.2 Å². The predicted octanol–water partition coefficient (Wildman–Crippen LogP) is 2.80. The predicted molar refractivity (Wildman–Crippen MR) is 97.0 cm³/mol. The lowest BCUT2D eigenvalue weighted by molar-refractivity contribution is 0.0979. The summed E-state index contributed by atoms with van der Waals surface area (Å²) >= 11 is 3.48. The van der Waals surface area contributed by atoms with Gasteiger partial charge in [-0.2, -0.15) is 0 Å². The van der Waals surface area contributed by atoms with Crippen molar-refractivity contribution in [2.75, 3.05) is 18.5 Å². The fourth-order valence-electron chi connectivity index (χ4n) is 3.10. The van der Waals surface area contributed by atoms with Gasteiger partial charge in [0.15, 0.2) is 5.82 Å². The molecule has 8 heteroatoms. The number of carbonyl (C=O) groups is 2. The number of amides is 2. The summed E-state index contributed by atoms with van der Waals surface area (Å²) in [5.41, 5.74) is 3.33. The molecular weight excluding hydrogens is 388 g/mol. The van der Waals surface area contributed by atoms with Crippen molar-refractivity contribution < 1.29 is 14.7 Å². The van der Waals surface area contributed by atoms with Crippen LogP contribution in [0.5, 0.6) is 0 Å². The maximum atomic E-state index is 13.0. The number of hydrogen-bond acceptors (Lipinski definition) is 3. The zero-order chi connectivity index (χ0) is 18.3. The van der Waals surface area contributed by atoms with E-state index in [1.165, 1.54) is 4.90 Å². The van der Waals surface area contributed by atoms with Crippen LogP contribution in [0.4, 0.5) is 10.5 Å². The van der Waals surface area contributed by atoms with Crippen LogP contribution in [-0.2, 0) is 20.0 Å². The van der Waals surface area contributed by atoms with Crippen molar-refractivity contribution in [3.05, 3.63) is 45.4 Å². The van der Waals surface area contributed by atoms with Crippen LogP contribution in [0.1, 0.15) is 27.6 Å². The lowest BCUT2D eigenvalue weighted by atomic mass is 10.1. The Bertz CT molecular complexity index is 862. The highest BCUT2D eigenvalue weighted by Gasteiger charge is 2.29. The Kier molecular flexibility index (Phi) is 4.55. The molecule has 0 radical (unpaired) electrons. The van der Waals surface area contributed by atoms with E-state index >= 15 is 0 Å². The molecule has 0 bridgehead atoms. The van der Waals surface area contributed by atoms with Gasteiger partial charge in [-0.3, -0.25) is 4.79 Å². The number of carboxylic acid groups (broad SMARTS) is 1. The molecule has 1 aromatic heterocycles. The Morgan fingerprint density at radius 1 is 1.36 bits per heavy atom. The maximum Gasteiger partial charge on any atom is 0.407 e. The van der Waals surface area contributed by atoms with E-state index in [9.17, 15) is 9.59 Å². The summed E-state index contributed by atoms with van der Waals surface area (Å²) in [5.74, 6) is 0.0964. The fourth-order valence-corrected chi connectivity index (χ4v) is 3.46. The second kappa shape index (κ2) is 6.51. The Balaban J connectivity index is 1.93. The molecule has 25 heavy (non-hydrogen) atoms. The quantitative estimate of drug-likeness (QED) is 0.831. The van der Waals surface area contributed by atoms with Gasteiger partial charge in [0.05, 0.1) is 12.2 Å². The highest BCUT2D eigenvalue weighted by atomic mass is 79.9. The minimum absolute atomic E-state index is 0.214. The molecule has 0 aliphatic carbocycles. The second-order valence-corrected chi connectivity index (χ2v) is 6.94. The summed E-state index contributed by atoms with van der Waals surface area (Å²) < 4.78 is 2.71. The number of hydrogen-bond donors (Lipinski definition) is 1. The first-order chi connectivity index (χ1) is 11.8. The van der Waals surface area contributed by atoms with Crippen LogP contribution in [0, 0.1) is 6.92 Å². The van der Waals surface area contributed by atoms with E-state index in [1.54, 1.807) is 23.6 Å². The van der Waals surface area contributed by atoms with Gasteiger partial charge in [0.1, 0.15) is 0 Å². The minimum Gasteiger partial charge on any atom is -0.465 e. The topological polar surface area (TPSA) is 78.7 Å². The standard InChI is InChI=1S/C17H19BrN4O3/c1-10-11(18)5-4-6-13(10)21(3)16(23)15-19-12-9-22(17(24)25)8-7-14(12)20(15)2/h4-6H,7-9H2,1-3H3,(H,24,25). The summed E-state index contributed by atoms with van der Waals surface area (Å²) in [6, 6.07) is 5.69. The molecular formula is C17H19BrN4O3. The third-order valence-electron chi connectivity index (χ3n) is 4.62. The van der Waals surface area contributed by atoms with Gasteiger partial charge in [-0.15, -0.1) is 0 Å². The molecule has 0 saturated carbocycles. The number of carbonyl (C=O) groups excluding carboxylic acids is 1. The number of halogens is 1. The summed E-state index contributed by atoms with van der Waals surface area (Å²) in [6.07, 6.45) is -0.413. The van der Waals surface area contributed by atoms with Crippen molar-refractivity contribution in [3.8, 4) is 0 Å². The van der Waals surface area contributed by atoms with Crippen molar-refractivity contribution in [1.29, 1.82) is 0 Å². The molecule has 0 fully saturated rings. The molecule has 0 spiro atoms. The summed E-state index contributed by atoms with van der Waals surface area (Å²) in [6.45, 7) is 2.57. The smallest absolute Gasteiger partial charge is 0.407 e.